The second kappa shape index (κ2) is 6.51. The maximum absolute atomic E-state index is 11.5. The molecule has 0 radical (unpaired) electrons. The Morgan fingerprint density at radius 2 is 2.18 bits per heavy atom. The van der Waals surface area contributed by atoms with E-state index in [2.05, 4.69) is 10.2 Å². The summed E-state index contributed by atoms with van der Waals surface area (Å²) in [5.41, 5.74) is 7.25. The molecule has 1 aromatic rings. The van der Waals surface area contributed by atoms with Crippen LogP contribution in [-0.2, 0) is 0 Å². The predicted molar refractivity (Wildman–Crippen MR) is 73.5 cm³/mol. The number of hydrogen-bond donors (Lipinski definition) is 2. The molecule has 1 rings (SSSR count). The molecule has 0 saturated carbocycles. The van der Waals surface area contributed by atoms with Crippen LogP contribution in [0.1, 0.15) is 10.4 Å². The Morgan fingerprint density at radius 1 is 1.47 bits per heavy atom. The highest BCUT2D eigenvalue weighted by molar-refractivity contribution is 7.99. The first-order chi connectivity index (χ1) is 8.04. The van der Waals surface area contributed by atoms with Crippen molar-refractivity contribution in [1.29, 1.82) is 0 Å². The minimum atomic E-state index is -0.0838. The molecule has 0 aromatic heterocycles. The SMILES string of the molecule is CNC(=O)c1ccc(N)c(SCCN(C)C)c1. The van der Waals surface area contributed by atoms with Gasteiger partial charge in [-0.05, 0) is 32.3 Å². The Balaban J connectivity index is 2.73. The first-order valence-electron chi connectivity index (χ1n) is 5.43. The quantitative estimate of drug-likeness (QED) is 0.613. The van der Waals surface area contributed by atoms with Crippen LogP contribution < -0.4 is 11.1 Å². The molecule has 0 atom stereocenters. The Bertz CT molecular complexity index is 393. The lowest BCUT2D eigenvalue weighted by molar-refractivity contribution is 0.0963. The fourth-order valence-electron chi connectivity index (χ4n) is 1.28. The summed E-state index contributed by atoms with van der Waals surface area (Å²) in [6, 6.07) is 5.36. The Morgan fingerprint density at radius 3 is 2.76 bits per heavy atom. The molecule has 1 aromatic carbocycles. The van der Waals surface area contributed by atoms with E-state index in [1.54, 1.807) is 30.9 Å². The van der Waals surface area contributed by atoms with Gasteiger partial charge in [-0.25, -0.2) is 0 Å². The number of nitrogens with one attached hydrogen (secondary N) is 1. The van der Waals surface area contributed by atoms with Crippen molar-refractivity contribution < 1.29 is 4.79 Å². The third-order valence-corrected chi connectivity index (χ3v) is 3.35. The van der Waals surface area contributed by atoms with E-state index >= 15 is 0 Å². The highest BCUT2D eigenvalue weighted by atomic mass is 32.2. The van der Waals surface area contributed by atoms with E-state index in [4.69, 9.17) is 5.73 Å². The van der Waals surface area contributed by atoms with Gasteiger partial charge in [0, 0.05) is 35.5 Å². The van der Waals surface area contributed by atoms with E-state index in [0.29, 0.717) is 5.56 Å². The summed E-state index contributed by atoms with van der Waals surface area (Å²) >= 11 is 1.67. The largest absolute Gasteiger partial charge is 0.398 e. The molecule has 5 heteroatoms. The molecule has 4 nitrogen and oxygen atoms in total. The summed E-state index contributed by atoms with van der Waals surface area (Å²) in [6.45, 7) is 0.980. The van der Waals surface area contributed by atoms with E-state index in [9.17, 15) is 4.79 Å². The molecular weight excluding hydrogens is 234 g/mol. The van der Waals surface area contributed by atoms with Crippen LogP contribution in [0.15, 0.2) is 23.1 Å². The van der Waals surface area contributed by atoms with E-state index < -0.39 is 0 Å². The monoisotopic (exact) mass is 253 g/mol. The molecule has 3 N–H and O–H groups in total. The normalized spacial score (nSPS) is 10.6. The summed E-state index contributed by atoms with van der Waals surface area (Å²) in [7, 11) is 5.69. The van der Waals surface area contributed by atoms with E-state index in [0.717, 1.165) is 22.9 Å². The molecule has 0 heterocycles. The predicted octanol–water partition coefficient (Wildman–Crippen LogP) is 1.28. The molecule has 0 fully saturated rings. The standard InChI is InChI=1S/C12H19N3OS/c1-14-12(16)9-4-5-10(13)11(8-9)17-7-6-15(2)3/h4-5,8H,6-7,13H2,1-3H3,(H,14,16). The third-order valence-electron chi connectivity index (χ3n) is 2.30. The number of thioether (sulfide) groups is 1. The van der Waals surface area contributed by atoms with Crippen LogP contribution in [0.3, 0.4) is 0 Å². The van der Waals surface area contributed by atoms with Gasteiger partial charge in [-0.2, -0.15) is 0 Å². The zero-order valence-electron chi connectivity index (χ0n) is 10.5. The molecule has 1 amide bonds. The van der Waals surface area contributed by atoms with Gasteiger partial charge in [0.15, 0.2) is 0 Å². The molecule has 0 bridgehead atoms. The second-order valence-electron chi connectivity index (χ2n) is 3.98. The lowest BCUT2D eigenvalue weighted by Crippen LogP contribution is -2.18. The minimum absolute atomic E-state index is 0.0838. The smallest absolute Gasteiger partial charge is 0.251 e. The van der Waals surface area contributed by atoms with Gasteiger partial charge in [0.05, 0.1) is 0 Å². The summed E-state index contributed by atoms with van der Waals surface area (Å²) in [5, 5.41) is 2.61. The number of hydrogen-bond acceptors (Lipinski definition) is 4. The molecule has 0 saturated heterocycles. The molecule has 0 aliphatic carbocycles. The number of nitrogen functional groups attached to an aromatic ring is 1. The number of carbonyl (C=O) groups is 1. The maximum Gasteiger partial charge on any atom is 0.251 e. The van der Waals surface area contributed by atoms with Gasteiger partial charge < -0.3 is 16.0 Å². The first-order valence-corrected chi connectivity index (χ1v) is 6.42. The van der Waals surface area contributed by atoms with Gasteiger partial charge in [-0.3, -0.25) is 4.79 Å². The van der Waals surface area contributed by atoms with Crippen LogP contribution in [0, 0.1) is 0 Å². The number of nitrogens with two attached hydrogens (primary N) is 1. The summed E-state index contributed by atoms with van der Waals surface area (Å²) in [6.07, 6.45) is 0. The lowest BCUT2D eigenvalue weighted by Gasteiger charge is -2.11. The minimum Gasteiger partial charge on any atom is -0.398 e. The molecular formula is C12H19N3OS. The van der Waals surface area contributed by atoms with Gasteiger partial charge in [0.2, 0.25) is 0 Å². The molecule has 0 spiro atoms. The van der Waals surface area contributed by atoms with Crippen LogP contribution in [-0.4, -0.2) is 44.2 Å². The highest BCUT2D eigenvalue weighted by Gasteiger charge is 2.07. The second-order valence-corrected chi connectivity index (χ2v) is 5.12. The van der Waals surface area contributed by atoms with E-state index in [1.807, 2.05) is 20.2 Å². The number of rotatable bonds is 5. The van der Waals surface area contributed by atoms with Crippen molar-refractivity contribution in [3.8, 4) is 0 Å². The van der Waals surface area contributed by atoms with Crippen molar-refractivity contribution in [2.45, 2.75) is 4.90 Å². The molecule has 0 aliphatic rings. The van der Waals surface area contributed by atoms with Crippen LogP contribution >= 0.6 is 11.8 Å². The number of nitrogens with zero attached hydrogens (tertiary/aromatic N) is 1. The van der Waals surface area contributed by atoms with Gasteiger partial charge in [-0.15, -0.1) is 11.8 Å². The molecule has 17 heavy (non-hydrogen) atoms. The van der Waals surface area contributed by atoms with Gasteiger partial charge in [-0.1, -0.05) is 0 Å². The van der Waals surface area contributed by atoms with Crippen molar-refractivity contribution >= 4 is 23.4 Å². The van der Waals surface area contributed by atoms with Gasteiger partial charge in [0.1, 0.15) is 0 Å². The van der Waals surface area contributed by atoms with Crippen LogP contribution in [0.5, 0.6) is 0 Å². The van der Waals surface area contributed by atoms with Crippen LogP contribution in [0.4, 0.5) is 5.69 Å². The Kier molecular flexibility index (Phi) is 5.31. The third kappa shape index (κ3) is 4.28. The fourth-order valence-corrected chi connectivity index (χ4v) is 2.40. The zero-order valence-corrected chi connectivity index (χ0v) is 11.3. The van der Waals surface area contributed by atoms with Crippen molar-refractivity contribution in [2.75, 3.05) is 39.2 Å². The van der Waals surface area contributed by atoms with Crippen molar-refractivity contribution in [3.05, 3.63) is 23.8 Å². The zero-order chi connectivity index (χ0) is 12.8. The highest BCUT2D eigenvalue weighted by Crippen LogP contribution is 2.26. The Labute approximate surface area is 107 Å². The number of carbonyl (C=O) groups excluding carboxylic acids is 1. The topological polar surface area (TPSA) is 58.4 Å². The average molecular weight is 253 g/mol. The number of benzene rings is 1. The lowest BCUT2D eigenvalue weighted by atomic mass is 10.2. The average Bonchev–Trinajstić information content (AvgIpc) is 2.30. The van der Waals surface area contributed by atoms with Crippen LogP contribution in [0.25, 0.3) is 0 Å². The maximum atomic E-state index is 11.5. The fraction of sp³-hybridized carbons (Fsp3) is 0.417. The van der Waals surface area contributed by atoms with Crippen molar-refractivity contribution in [2.24, 2.45) is 0 Å². The van der Waals surface area contributed by atoms with E-state index in [-0.39, 0.29) is 5.91 Å². The molecule has 94 valence electrons. The Hall–Kier alpha value is -1.20. The summed E-state index contributed by atoms with van der Waals surface area (Å²) in [4.78, 5) is 14.6. The first kappa shape index (κ1) is 13.9. The van der Waals surface area contributed by atoms with Crippen molar-refractivity contribution in [3.63, 3.8) is 0 Å². The molecule has 0 aliphatic heterocycles. The van der Waals surface area contributed by atoms with E-state index in [1.165, 1.54) is 0 Å². The van der Waals surface area contributed by atoms with Crippen LogP contribution in [0.2, 0.25) is 0 Å². The number of amides is 1. The van der Waals surface area contributed by atoms with Gasteiger partial charge in [0.25, 0.3) is 5.91 Å². The van der Waals surface area contributed by atoms with Crippen molar-refractivity contribution in [1.82, 2.24) is 10.2 Å². The summed E-state index contributed by atoms with van der Waals surface area (Å²) < 4.78 is 0. The number of anilines is 1. The molecule has 0 unspecified atom stereocenters. The van der Waals surface area contributed by atoms with Gasteiger partial charge >= 0.3 is 0 Å². The summed E-state index contributed by atoms with van der Waals surface area (Å²) in [5.74, 6) is 0.869.